The average molecular weight is 460 g/mol. The molecule has 0 aliphatic rings. The standard InChI is InChI=1S/C22H20BF3N2O5/c1-12(15-5-3-4-6-18(15)22(24,25)26)33-19-9-13(7-8-16(19)21(29)32-2)17-10-14(23(30)31)11-28-20(17)27/h3-12,30-31H,1-2H3,(H2,27,28)/t12-/m1/s1. The highest BCUT2D eigenvalue weighted by atomic mass is 19.4. The predicted molar refractivity (Wildman–Crippen MR) is 116 cm³/mol. The van der Waals surface area contributed by atoms with Crippen molar-refractivity contribution in [2.75, 3.05) is 12.8 Å². The number of anilines is 1. The number of ether oxygens (including phenoxy) is 2. The van der Waals surface area contributed by atoms with E-state index in [4.69, 9.17) is 15.2 Å². The molecule has 0 unspecified atom stereocenters. The summed E-state index contributed by atoms with van der Waals surface area (Å²) in [5, 5.41) is 18.8. The molecule has 0 bridgehead atoms. The van der Waals surface area contributed by atoms with E-state index in [0.29, 0.717) is 11.1 Å². The van der Waals surface area contributed by atoms with Crippen LogP contribution in [-0.4, -0.2) is 35.2 Å². The van der Waals surface area contributed by atoms with Gasteiger partial charge in [0.25, 0.3) is 0 Å². The Morgan fingerprint density at radius 2 is 1.85 bits per heavy atom. The molecule has 0 saturated carbocycles. The number of alkyl halides is 3. The topological polar surface area (TPSA) is 115 Å². The number of benzene rings is 2. The number of carbonyl (C=O) groups is 1. The molecule has 0 spiro atoms. The van der Waals surface area contributed by atoms with Gasteiger partial charge in [0.2, 0.25) is 0 Å². The molecule has 3 aromatic rings. The first kappa shape index (κ1) is 24.1. The van der Waals surface area contributed by atoms with Gasteiger partial charge in [-0.25, -0.2) is 9.78 Å². The predicted octanol–water partition coefficient (Wildman–Crippen LogP) is 2.96. The zero-order chi connectivity index (χ0) is 24.3. The Balaban J connectivity index is 2.08. The van der Waals surface area contributed by atoms with E-state index in [1.165, 1.54) is 55.6 Å². The highest BCUT2D eigenvalue weighted by molar-refractivity contribution is 6.58. The summed E-state index contributed by atoms with van der Waals surface area (Å²) in [6, 6.07) is 10.7. The molecule has 172 valence electrons. The minimum Gasteiger partial charge on any atom is -0.485 e. The summed E-state index contributed by atoms with van der Waals surface area (Å²) in [5.41, 5.74) is 5.72. The first-order chi connectivity index (χ1) is 15.5. The van der Waals surface area contributed by atoms with Gasteiger partial charge >= 0.3 is 19.3 Å². The molecule has 1 aromatic heterocycles. The fraction of sp³-hybridized carbons (Fsp3) is 0.182. The number of rotatable bonds is 6. The van der Waals surface area contributed by atoms with Gasteiger partial charge in [0.05, 0.1) is 12.7 Å². The molecule has 4 N–H and O–H groups in total. The van der Waals surface area contributed by atoms with Crippen LogP contribution in [-0.2, 0) is 10.9 Å². The maximum absolute atomic E-state index is 13.5. The number of aromatic nitrogens is 1. The summed E-state index contributed by atoms with van der Waals surface area (Å²) in [5.74, 6) is -0.733. The van der Waals surface area contributed by atoms with Gasteiger partial charge in [0.1, 0.15) is 23.2 Å². The number of hydrogen-bond acceptors (Lipinski definition) is 7. The lowest BCUT2D eigenvalue weighted by Gasteiger charge is -2.21. The van der Waals surface area contributed by atoms with Crippen molar-refractivity contribution in [2.45, 2.75) is 19.2 Å². The first-order valence-corrected chi connectivity index (χ1v) is 9.70. The second kappa shape index (κ2) is 9.51. The highest BCUT2D eigenvalue weighted by Crippen LogP contribution is 2.37. The number of nitrogens with zero attached hydrogens (tertiary/aromatic N) is 1. The van der Waals surface area contributed by atoms with Crippen LogP contribution in [0.5, 0.6) is 5.75 Å². The van der Waals surface area contributed by atoms with Crippen LogP contribution in [0.4, 0.5) is 19.0 Å². The number of pyridine rings is 1. The van der Waals surface area contributed by atoms with E-state index < -0.39 is 30.9 Å². The molecule has 0 aliphatic heterocycles. The number of hydrogen-bond donors (Lipinski definition) is 3. The van der Waals surface area contributed by atoms with Crippen molar-refractivity contribution >= 4 is 24.4 Å². The Morgan fingerprint density at radius 3 is 2.48 bits per heavy atom. The van der Waals surface area contributed by atoms with Crippen LogP contribution in [0.3, 0.4) is 0 Å². The van der Waals surface area contributed by atoms with Crippen LogP contribution in [0.15, 0.2) is 54.7 Å². The zero-order valence-electron chi connectivity index (χ0n) is 17.6. The van der Waals surface area contributed by atoms with Crippen molar-refractivity contribution in [1.29, 1.82) is 0 Å². The van der Waals surface area contributed by atoms with Gasteiger partial charge in [0, 0.05) is 22.8 Å². The lowest BCUT2D eigenvalue weighted by molar-refractivity contribution is -0.139. The number of nitrogens with two attached hydrogens (primary N) is 1. The molecule has 3 rings (SSSR count). The molecule has 0 fully saturated rings. The van der Waals surface area contributed by atoms with E-state index in [1.54, 1.807) is 0 Å². The van der Waals surface area contributed by atoms with Crippen LogP contribution in [0, 0.1) is 0 Å². The average Bonchev–Trinajstić information content (AvgIpc) is 2.78. The third-order valence-corrected chi connectivity index (χ3v) is 4.94. The Hall–Kier alpha value is -3.57. The largest absolute Gasteiger partial charge is 0.490 e. The van der Waals surface area contributed by atoms with Crippen LogP contribution >= 0.6 is 0 Å². The van der Waals surface area contributed by atoms with Crippen LogP contribution in [0.1, 0.15) is 34.5 Å². The van der Waals surface area contributed by atoms with Crippen LogP contribution in [0.2, 0.25) is 0 Å². The van der Waals surface area contributed by atoms with Crippen molar-refractivity contribution < 1.29 is 37.5 Å². The third-order valence-electron chi connectivity index (χ3n) is 4.94. The van der Waals surface area contributed by atoms with Crippen molar-refractivity contribution in [2.24, 2.45) is 0 Å². The summed E-state index contributed by atoms with van der Waals surface area (Å²) < 4.78 is 50.9. The van der Waals surface area contributed by atoms with E-state index >= 15 is 0 Å². The van der Waals surface area contributed by atoms with Crippen molar-refractivity contribution in [1.82, 2.24) is 4.98 Å². The molecule has 11 heteroatoms. The van der Waals surface area contributed by atoms with Gasteiger partial charge in [0.15, 0.2) is 0 Å². The van der Waals surface area contributed by atoms with Gasteiger partial charge in [-0.2, -0.15) is 13.2 Å². The maximum atomic E-state index is 13.5. The Morgan fingerprint density at radius 1 is 1.15 bits per heavy atom. The summed E-state index contributed by atoms with van der Waals surface area (Å²) in [4.78, 5) is 16.2. The van der Waals surface area contributed by atoms with Gasteiger partial charge < -0.3 is 25.3 Å². The van der Waals surface area contributed by atoms with E-state index in [0.717, 1.165) is 13.2 Å². The molecule has 0 amide bonds. The van der Waals surface area contributed by atoms with Crippen molar-refractivity contribution in [3.63, 3.8) is 0 Å². The van der Waals surface area contributed by atoms with E-state index in [1.807, 2.05) is 0 Å². The van der Waals surface area contributed by atoms with E-state index in [2.05, 4.69) is 4.98 Å². The number of nitrogen functional groups attached to an aromatic ring is 1. The Labute approximate surface area is 187 Å². The van der Waals surface area contributed by atoms with Crippen molar-refractivity contribution in [3.8, 4) is 16.9 Å². The minimum absolute atomic E-state index is 0.0116. The number of methoxy groups -OCH3 is 1. The molecule has 7 nitrogen and oxygen atoms in total. The molecule has 1 atom stereocenters. The highest BCUT2D eigenvalue weighted by Gasteiger charge is 2.35. The quantitative estimate of drug-likeness (QED) is 0.383. The monoisotopic (exact) mass is 460 g/mol. The fourth-order valence-electron chi connectivity index (χ4n) is 3.29. The summed E-state index contributed by atoms with van der Waals surface area (Å²) in [6.07, 6.45) is -4.48. The molecule has 0 aliphatic carbocycles. The molecule has 2 aromatic carbocycles. The summed E-state index contributed by atoms with van der Waals surface area (Å²) >= 11 is 0. The summed E-state index contributed by atoms with van der Waals surface area (Å²) in [6.45, 7) is 1.43. The molecule has 33 heavy (non-hydrogen) atoms. The van der Waals surface area contributed by atoms with E-state index in [-0.39, 0.29) is 28.2 Å². The molecule has 0 radical (unpaired) electrons. The normalized spacial score (nSPS) is 12.2. The zero-order valence-corrected chi connectivity index (χ0v) is 17.6. The molecule has 0 saturated heterocycles. The fourth-order valence-corrected chi connectivity index (χ4v) is 3.29. The van der Waals surface area contributed by atoms with E-state index in [9.17, 15) is 28.0 Å². The summed E-state index contributed by atoms with van der Waals surface area (Å²) in [7, 11) is -0.628. The minimum atomic E-state index is -4.59. The first-order valence-electron chi connectivity index (χ1n) is 9.70. The number of carbonyl (C=O) groups excluding carboxylic acids is 1. The molecular formula is C22H20BF3N2O5. The van der Waals surface area contributed by atoms with Gasteiger partial charge in [-0.15, -0.1) is 0 Å². The number of halogens is 3. The van der Waals surface area contributed by atoms with Gasteiger partial charge in [-0.05, 0) is 36.8 Å². The lowest BCUT2D eigenvalue weighted by atomic mass is 9.80. The van der Waals surface area contributed by atoms with Gasteiger partial charge in [-0.3, -0.25) is 0 Å². The van der Waals surface area contributed by atoms with Crippen LogP contribution < -0.4 is 15.9 Å². The second-order valence-electron chi connectivity index (χ2n) is 7.12. The Kier molecular flexibility index (Phi) is 6.94. The van der Waals surface area contributed by atoms with Crippen LogP contribution in [0.25, 0.3) is 11.1 Å². The Bertz CT molecular complexity index is 1170. The molecular weight excluding hydrogens is 440 g/mol. The molecule has 1 heterocycles. The smallest absolute Gasteiger partial charge is 0.485 e. The third kappa shape index (κ3) is 5.26. The number of esters is 1. The van der Waals surface area contributed by atoms with Crippen molar-refractivity contribution in [3.05, 3.63) is 71.4 Å². The SMILES string of the molecule is COC(=O)c1ccc(-c2cc(B(O)O)cnc2N)cc1O[C@H](C)c1ccccc1C(F)(F)F. The lowest BCUT2D eigenvalue weighted by Crippen LogP contribution is -2.30. The maximum Gasteiger partial charge on any atom is 0.490 e. The van der Waals surface area contributed by atoms with Gasteiger partial charge in [-0.1, -0.05) is 24.3 Å². The second-order valence-corrected chi connectivity index (χ2v) is 7.12.